The van der Waals surface area contributed by atoms with E-state index in [1.54, 1.807) is 22.9 Å². The van der Waals surface area contributed by atoms with Crippen molar-refractivity contribution in [2.24, 2.45) is 0 Å². The van der Waals surface area contributed by atoms with Crippen molar-refractivity contribution < 1.29 is 14.3 Å². The third-order valence-corrected chi connectivity index (χ3v) is 6.74. The van der Waals surface area contributed by atoms with Gasteiger partial charge in [-0.25, -0.2) is 0 Å². The number of hydrogen-bond acceptors (Lipinski definition) is 3. The maximum Gasteiger partial charge on any atom is 0.268 e. The third-order valence-electron chi connectivity index (χ3n) is 5.98. The summed E-state index contributed by atoms with van der Waals surface area (Å²) in [6.45, 7) is -0.0449. The Kier molecular flexibility index (Phi) is 4.79. The lowest BCUT2D eigenvalue weighted by Crippen LogP contribution is -2.74. The molecule has 3 aromatic rings. The second kappa shape index (κ2) is 7.39. The number of likely N-dealkylation sites (N-methyl/N-ethyl adjacent to an activating group) is 1. The van der Waals surface area contributed by atoms with Crippen LogP contribution in [0, 0.1) is 0 Å². The molecular weight excluding hydrogens is 480 g/mol. The highest BCUT2D eigenvalue weighted by Gasteiger charge is 2.66. The summed E-state index contributed by atoms with van der Waals surface area (Å²) in [5.74, 6) is 0.169. The molecule has 0 aliphatic carbocycles. The number of carbonyl (C=O) groups is 2. The van der Waals surface area contributed by atoms with Gasteiger partial charge in [0.05, 0.1) is 0 Å². The van der Waals surface area contributed by atoms with Crippen LogP contribution in [0.25, 0.3) is 0 Å². The summed E-state index contributed by atoms with van der Waals surface area (Å²) < 4.78 is 7.20. The summed E-state index contributed by atoms with van der Waals surface area (Å²) >= 11 is 9.83. The van der Waals surface area contributed by atoms with E-state index >= 15 is 0 Å². The van der Waals surface area contributed by atoms with Gasteiger partial charge in [0, 0.05) is 27.8 Å². The SMILES string of the molecule is CN1C(=O)CN2C(=O)[C@@H](Oc3ccc(Br)cc3)[C@@]2(c2ccccc2)c2cc(Cl)ccc21. The fourth-order valence-electron chi connectivity index (χ4n) is 4.48. The largest absolute Gasteiger partial charge is 0.477 e. The molecule has 0 bridgehead atoms. The molecule has 0 spiro atoms. The molecule has 2 amide bonds. The Labute approximate surface area is 193 Å². The van der Waals surface area contributed by atoms with Crippen LogP contribution in [0.3, 0.4) is 0 Å². The van der Waals surface area contributed by atoms with Gasteiger partial charge in [-0.1, -0.05) is 57.9 Å². The molecule has 1 fully saturated rings. The summed E-state index contributed by atoms with van der Waals surface area (Å²) in [7, 11) is 1.72. The first-order valence-corrected chi connectivity index (χ1v) is 11.0. The lowest BCUT2D eigenvalue weighted by atomic mass is 9.69. The molecule has 156 valence electrons. The number of hydrogen-bond donors (Lipinski definition) is 0. The predicted octanol–water partition coefficient (Wildman–Crippen LogP) is 4.61. The van der Waals surface area contributed by atoms with E-state index in [1.165, 1.54) is 0 Å². The second-order valence-corrected chi connectivity index (χ2v) is 8.97. The van der Waals surface area contributed by atoms with Gasteiger partial charge in [0.15, 0.2) is 0 Å². The van der Waals surface area contributed by atoms with Crippen LogP contribution >= 0.6 is 27.5 Å². The molecule has 31 heavy (non-hydrogen) atoms. The minimum Gasteiger partial charge on any atom is -0.477 e. The Morgan fingerprint density at radius 1 is 1.03 bits per heavy atom. The highest BCUT2D eigenvalue weighted by atomic mass is 79.9. The lowest BCUT2D eigenvalue weighted by Gasteiger charge is -2.56. The van der Waals surface area contributed by atoms with Crippen LogP contribution in [-0.4, -0.2) is 36.4 Å². The van der Waals surface area contributed by atoms with Gasteiger partial charge in [-0.3, -0.25) is 9.59 Å². The van der Waals surface area contributed by atoms with Crippen molar-refractivity contribution in [2.45, 2.75) is 11.6 Å². The van der Waals surface area contributed by atoms with Gasteiger partial charge in [0.2, 0.25) is 12.0 Å². The maximum absolute atomic E-state index is 13.3. The van der Waals surface area contributed by atoms with E-state index in [9.17, 15) is 9.59 Å². The lowest BCUT2D eigenvalue weighted by molar-refractivity contribution is -0.177. The monoisotopic (exact) mass is 496 g/mol. The van der Waals surface area contributed by atoms with Gasteiger partial charge in [0.25, 0.3) is 5.91 Å². The number of anilines is 1. The standard InChI is InChI=1S/C24H18BrClN2O3/c1-27-20-12-9-17(26)13-19(20)24(15-5-3-2-4-6-15)22(23(30)28(24)14-21(27)29)31-18-10-7-16(25)8-11-18/h2-13,22H,14H2,1H3/t22-,24-/m1/s1. The van der Waals surface area contributed by atoms with Crippen molar-refractivity contribution in [2.75, 3.05) is 18.5 Å². The zero-order valence-corrected chi connectivity index (χ0v) is 18.9. The molecule has 1 saturated heterocycles. The average Bonchev–Trinajstić information content (AvgIpc) is 2.86. The van der Waals surface area contributed by atoms with Crippen LogP contribution in [0.4, 0.5) is 5.69 Å². The first kappa shape index (κ1) is 20.1. The summed E-state index contributed by atoms with van der Waals surface area (Å²) in [4.78, 5) is 29.4. The molecule has 0 aromatic heterocycles. The average molecular weight is 498 g/mol. The first-order valence-electron chi connectivity index (χ1n) is 9.78. The molecule has 2 atom stereocenters. The van der Waals surface area contributed by atoms with Crippen LogP contribution in [0.5, 0.6) is 5.75 Å². The molecular formula is C24H18BrClN2O3. The van der Waals surface area contributed by atoms with E-state index in [0.717, 1.165) is 15.6 Å². The van der Waals surface area contributed by atoms with Crippen LogP contribution in [0.2, 0.25) is 5.02 Å². The second-order valence-electron chi connectivity index (χ2n) is 7.62. The number of halogens is 2. The van der Waals surface area contributed by atoms with Crippen molar-refractivity contribution in [1.82, 2.24) is 4.90 Å². The molecule has 0 saturated carbocycles. The van der Waals surface area contributed by atoms with Gasteiger partial charge in [0.1, 0.15) is 17.8 Å². The number of carbonyl (C=O) groups excluding carboxylic acids is 2. The predicted molar refractivity (Wildman–Crippen MR) is 122 cm³/mol. The Hall–Kier alpha value is -2.83. The van der Waals surface area contributed by atoms with Gasteiger partial charge in [-0.15, -0.1) is 0 Å². The Morgan fingerprint density at radius 2 is 1.74 bits per heavy atom. The Balaban J connectivity index is 1.76. The Bertz CT molecular complexity index is 1190. The van der Waals surface area contributed by atoms with Crippen molar-refractivity contribution >= 4 is 45.0 Å². The number of rotatable bonds is 3. The van der Waals surface area contributed by atoms with E-state index in [2.05, 4.69) is 15.9 Å². The summed E-state index contributed by atoms with van der Waals surface area (Å²) in [6, 6.07) is 22.4. The summed E-state index contributed by atoms with van der Waals surface area (Å²) in [6.07, 6.45) is -0.840. The quantitative estimate of drug-likeness (QED) is 0.497. The van der Waals surface area contributed by atoms with Crippen molar-refractivity contribution in [3.63, 3.8) is 0 Å². The van der Waals surface area contributed by atoms with E-state index in [0.29, 0.717) is 16.5 Å². The first-order chi connectivity index (χ1) is 14.9. The van der Waals surface area contributed by atoms with E-state index in [4.69, 9.17) is 16.3 Å². The molecule has 2 heterocycles. The van der Waals surface area contributed by atoms with E-state index in [-0.39, 0.29) is 18.4 Å². The van der Waals surface area contributed by atoms with Gasteiger partial charge >= 0.3 is 0 Å². The number of β-lactam (4-membered cyclic amide) rings is 1. The van der Waals surface area contributed by atoms with Crippen molar-refractivity contribution in [3.05, 3.63) is 93.4 Å². The molecule has 0 radical (unpaired) electrons. The molecule has 0 N–H and O–H groups in total. The minimum absolute atomic E-state index is 0.0449. The smallest absolute Gasteiger partial charge is 0.268 e. The van der Waals surface area contributed by atoms with Crippen molar-refractivity contribution in [1.29, 1.82) is 0 Å². The Morgan fingerprint density at radius 3 is 2.45 bits per heavy atom. The number of amides is 2. The molecule has 7 heteroatoms. The van der Waals surface area contributed by atoms with Crippen LogP contribution in [0.15, 0.2) is 77.3 Å². The normalized spacial score (nSPS) is 22.4. The number of fused-ring (bicyclic) bond motifs is 3. The molecule has 2 aliphatic rings. The van der Waals surface area contributed by atoms with Gasteiger partial charge in [-0.05, 0) is 48.0 Å². The van der Waals surface area contributed by atoms with Crippen LogP contribution in [0.1, 0.15) is 11.1 Å². The number of benzene rings is 3. The highest BCUT2D eigenvalue weighted by molar-refractivity contribution is 9.10. The number of ether oxygens (including phenoxy) is 1. The van der Waals surface area contributed by atoms with Crippen LogP contribution in [-0.2, 0) is 15.1 Å². The molecule has 5 rings (SSSR count). The zero-order valence-electron chi connectivity index (χ0n) is 16.6. The van der Waals surface area contributed by atoms with Gasteiger partial charge < -0.3 is 14.5 Å². The van der Waals surface area contributed by atoms with Crippen molar-refractivity contribution in [3.8, 4) is 5.75 Å². The summed E-state index contributed by atoms with van der Waals surface area (Å²) in [5, 5.41) is 0.526. The zero-order chi connectivity index (χ0) is 21.8. The topological polar surface area (TPSA) is 49.9 Å². The van der Waals surface area contributed by atoms with E-state index in [1.807, 2.05) is 66.7 Å². The molecule has 5 nitrogen and oxygen atoms in total. The summed E-state index contributed by atoms with van der Waals surface area (Å²) in [5.41, 5.74) is 1.36. The van der Waals surface area contributed by atoms with Gasteiger partial charge in [-0.2, -0.15) is 0 Å². The minimum atomic E-state index is -0.980. The molecule has 3 aromatic carbocycles. The molecule has 2 aliphatic heterocycles. The van der Waals surface area contributed by atoms with E-state index < -0.39 is 11.6 Å². The van der Waals surface area contributed by atoms with Crippen LogP contribution < -0.4 is 9.64 Å². The number of nitrogens with zero attached hydrogens (tertiary/aromatic N) is 2. The maximum atomic E-state index is 13.3. The highest BCUT2D eigenvalue weighted by Crippen LogP contribution is 2.53. The third kappa shape index (κ3) is 2.97. The fraction of sp³-hybridized carbons (Fsp3) is 0.167. The molecule has 0 unspecified atom stereocenters. The fourth-order valence-corrected chi connectivity index (χ4v) is 4.92.